The van der Waals surface area contributed by atoms with Gasteiger partial charge in [0.2, 0.25) is 11.0 Å². The molecule has 2 rings (SSSR count). The van der Waals surface area contributed by atoms with Crippen molar-refractivity contribution in [2.24, 2.45) is 5.16 Å². The van der Waals surface area contributed by atoms with E-state index in [-0.39, 0.29) is 22.8 Å². The lowest BCUT2D eigenvalue weighted by molar-refractivity contribution is -0.161. The molecule has 0 saturated carbocycles. The van der Waals surface area contributed by atoms with Crippen LogP contribution in [0.3, 0.4) is 0 Å². The molecule has 0 fully saturated rings. The van der Waals surface area contributed by atoms with Gasteiger partial charge in [-0.15, -0.1) is 11.3 Å². The number of hydrogen-bond acceptors (Lipinski definition) is 14. The van der Waals surface area contributed by atoms with E-state index in [1.54, 1.807) is 4.72 Å². The Kier molecular flexibility index (Phi) is 10.9. The average molecular weight is 635 g/mol. The summed E-state index contributed by atoms with van der Waals surface area (Å²) in [5.74, 6) is -3.40. The number of oxime groups is 1. The molecule has 10 N–H and O–H groups in total. The maximum absolute atomic E-state index is 13.0. The highest BCUT2D eigenvalue weighted by atomic mass is 32.2. The molecular formula is C20H26N8O12S2. The number of rotatable bonds is 14. The van der Waals surface area contributed by atoms with Gasteiger partial charge in [0.15, 0.2) is 16.6 Å². The number of amides is 3. The molecular weight excluding hydrogens is 608 g/mol. The molecule has 2 aromatic heterocycles. The summed E-state index contributed by atoms with van der Waals surface area (Å²) < 4.78 is 34.4. The highest BCUT2D eigenvalue weighted by molar-refractivity contribution is 7.83. The second-order valence-corrected chi connectivity index (χ2v) is 10.8. The molecule has 22 heteroatoms. The van der Waals surface area contributed by atoms with E-state index >= 15 is 0 Å². The quantitative estimate of drug-likeness (QED) is 0.0337. The summed E-state index contributed by atoms with van der Waals surface area (Å²) in [5.41, 5.74) is 1.84. The van der Waals surface area contributed by atoms with Gasteiger partial charge >= 0.3 is 22.3 Å². The molecule has 0 spiro atoms. The van der Waals surface area contributed by atoms with Crippen LogP contribution in [-0.4, -0.2) is 92.2 Å². The van der Waals surface area contributed by atoms with E-state index in [1.807, 2.05) is 0 Å². The fourth-order valence-corrected chi connectivity index (χ4v) is 3.96. The Morgan fingerprint density at radius 1 is 1.31 bits per heavy atom. The van der Waals surface area contributed by atoms with Crippen LogP contribution in [0.15, 0.2) is 27.6 Å². The molecule has 0 saturated heterocycles. The molecule has 3 amide bonds. The number of aromatic nitrogens is 2. The van der Waals surface area contributed by atoms with Gasteiger partial charge in [0.25, 0.3) is 5.91 Å². The van der Waals surface area contributed by atoms with Gasteiger partial charge in [-0.3, -0.25) is 14.1 Å². The Hall–Kier alpha value is -4.80. The van der Waals surface area contributed by atoms with E-state index in [9.17, 15) is 52.4 Å². The third-order valence-electron chi connectivity index (χ3n) is 5.04. The first kappa shape index (κ1) is 33.4. The number of urea groups is 1. The van der Waals surface area contributed by atoms with Crippen LogP contribution in [0, 0.1) is 0 Å². The standard InChI is InChI=1S/C20H26N8O12S2/c1-20(2,17(33)34)40-26-15(12-8-41-18(21)25-12)16(32)24-11(7-29)10(27-42(37,38)39)5-23-19(35)22-4-9-3-13(30)14(31)6-28(9)36/h3,6-8,10-11,27,31,36H,4-5H2,1-2H3,(H2,21,25)(H,24,32)(H,33,34)(H2,22,23,35)(H,37,38,39)/b26-15-. The fraction of sp³-hybridized carbons (Fsp3) is 0.350. The topological polar surface area (TPSA) is 314 Å². The van der Waals surface area contributed by atoms with Crippen molar-refractivity contribution in [2.45, 2.75) is 38.1 Å². The van der Waals surface area contributed by atoms with Crippen molar-refractivity contribution in [3.8, 4) is 5.75 Å². The zero-order valence-corrected chi connectivity index (χ0v) is 23.3. The summed E-state index contributed by atoms with van der Waals surface area (Å²) in [4.78, 5) is 68.9. The molecule has 42 heavy (non-hydrogen) atoms. The predicted molar refractivity (Wildman–Crippen MR) is 142 cm³/mol. The van der Waals surface area contributed by atoms with E-state index in [4.69, 9.17) is 10.6 Å². The smallest absolute Gasteiger partial charge is 0.350 e. The van der Waals surface area contributed by atoms with Crippen molar-refractivity contribution in [3.63, 3.8) is 0 Å². The SMILES string of the molecule is CC(C)(O/N=C(\C(=O)NC(C=O)C(CNC(=O)NCc1cc(=O)c(O)cn1O)NS(=O)(=O)O)c1csc(N)n1)C(=O)O. The Balaban J connectivity index is 2.22. The van der Waals surface area contributed by atoms with Gasteiger partial charge in [0, 0.05) is 18.0 Å². The Morgan fingerprint density at radius 3 is 2.52 bits per heavy atom. The molecule has 0 aliphatic carbocycles. The third kappa shape index (κ3) is 9.69. The highest BCUT2D eigenvalue weighted by Crippen LogP contribution is 2.15. The molecule has 0 bridgehead atoms. The number of nitrogens with zero attached hydrogens (tertiary/aromatic N) is 3. The van der Waals surface area contributed by atoms with Crippen LogP contribution in [0.2, 0.25) is 0 Å². The van der Waals surface area contributed by atoms with Gasteiger partial charge in [-0.2, -0.15) is 17.9 Å². The summed E-state index contributed by atoms with van der Waals surface area (Å²) >= 11 is 0.884. The summed E-state index contributed by atoms with van der Waals surface area (Å²) in [7, 11) is -5.01. The number of nitrogen functional groups attached to an aromatic ring is 1. The van der Waals surface area contributed by atoms with Crippen LogP contribution in [0.1, 0.15) is 25.2 Å². The molecule has 2 heterocycles. The lowest BCUT2D eigenvalue weighted by Gasteiger charge is -2.24. The Morgan fingerprint density at radius 2 is 1.98 bits per heavy atom. The number of thiazole rings is 1. The van der Waals surface area contributed by atoms with E-state index in [0.29, 0.717) is 10.9 Å². The van der Waals surface area contributed by atoms with Crippen LogP contribution < -0.4 is 31.8 Å². The molecule has 2 unspecified atom stereocenters. The second-order valence-electron chi connectivity index (χ2n) is 8.67. The van der Waals surface area contributed by atoms with Gasteiger partial charge in [-0.25, -0.2) is 14.6 Å². The maximum Gasteiger partial charge on any atom is 0.350 e. The average Bonchev–Trinajstić information content (AvgIpc) is 3.31. The number of carbonyl (C=O) groups is 4. The van der Waals surface area contributed by atoms with Crippen molar-refractivity contribution < 1.29 is 52.4 Å². The zero-order chi connectivity index (χ0) is 31.8. The summed E-state index contributed by atoms with van der Waals surface area (Å²) in [6.45, 7) is 1.07. The van der Waals surface area contributed by atoms with Crippen molar-refractivity contribution in [1.82, 2.24) is 30.4 Å². The number of aromatic hydroxyl groups is 1. The molecule has 0 radical (unpaired) electrons. The molecule has 0 aliphatic rings. The first-order valence-electron chi connectivity index (χ1n) is 11.3. The number of aliphatic carboxylic acids is 1. The minimum atomic E-state index is -5.01. The zero-order valence-electron chi connectivity index (χ0n) is 21.7. The molecule has 0 aliphatic heterocycles. The second kappa shape index (κ2) is 13.7. The van der Waals surface area contributed by atoms with Gasteiger partial charge in [-0.05, 0) is 13.8 Å². The number of anilines is 1. The number of nitrogens with two attached hydrogens (primary N) is 1. The van der Waals surface area contributed by atoms with Crippen molar-refractivity contribution in [2.75, 3.05) is 12.3 Å². The number of carboxylic acid groups (broad SMARTS) is 1. The molecule has 2 atom stereocenters. The van der Waals surface area contributed by atoms with Crippen LogP contribution in [0.25, 0.3) is 0 Å². The largest absolute Gasteiger partial charge is 0.503 e. The van der Waals surface area contributed by atoms with E-state index in [1.165, 1.54) is 5.38 Å². The monoisotopic (exact) mass is 634 g/mol. The van der Waals surface area contributed by atoms with E-state index < -0.39 is 75.9 Å². The Bertz CT molecular complexity index is 1540. The maximum atomic E-state index is 13.0. The first-order chi connectivity index (χ1) is 19.4. The molecule has 2 aromatic rings. The van der Waals surface area contributed by atoms with Gasteiger partial charge < -0.3 is 46.7 Å². The van der Waals surface area contributed by atoms with Gasteiger partial charge in [-0.1, -0.05) is 5.16 Å². The first-order valence-corrected chi connectivity index (χ1v) is 13.6. The number of carboxylic acids is 1. The summed E-state index contributed by atoms with van der Waals surface area (Å²) in [6.07, 6.45) is 0.752. The minimum absolute atomic E-state index is 0.0124. The fourth-order valence-electron chi connectivity index (χ4n) is 2.80. The van der Waals surface area contributed by atoms with Crippen molar-refractivity contribution in [3.05, 3.63) is 39.3 Å². The number of pyridine rings is 1. The minimum Gasteiger partial charge on any atom is -0.503 e. The molecule has 0 aromatic carbocycles. The van der Waals surface area contributed by atoms with Crippen molar-refractivity contribution in [1.29, 1.82) is 0 Å². The van der Waals surface area contributed by atoms with Crippen LogP contribution in [0.5, 0.6) is 5.75 Å². The normalized spacial score (nSPS) is 13.5. The van der Waals surface area contributed by atoms with E-state index in [2.05, 4.69) is 26.1 Å². The number of hydrogen-bond donors (Lipinski definition) is 9. The van der Waals surface area contributed by atoms with Crippen LogP contribution >= 0.6 is 11.3 Å². The van der Waals surface area contributed by atoms with E-state index in [0.717, 1.165) is 31.3 Å². The van der Waals surface area contributed by atoms with Crippen LogP contribution in [-0.2, 0) is 36.1 Å². The highest BCUT2D eigenvalue weighted by Gasteiger charge is 2.33. The predicted octanol–water partition coefficient (Wildman–Crippen LogP) is -2.64. The van der Waals surface area contributed by atoms with Crippen molar-refractivity contribution >= 4 is 56.7 Å². The van der Waals surface area contributed by atoms with Gasteiger partial charge in [0.05, 0.1) is 24.5 Å². The molecule has 230 valence electrons. The lowest BCUT2D eigenvalue weighted by Crippen LogP contribution is -2.58. The number of carbonyl (C=O) groups excluding carboxylic acids is 3. The number of aldehydes is 1. The lowest BCUT2D eigenvalue weighted by atomic mass is 10.1. The van der Waals surface area contributed by atoms with Crippen LogP contribution in [0.4, 0.5) is 9.93 Å². The van der Waals surface area contributed by atoms with Gasteiger partial charge in [0.1, 0.15) is 18.0 Å². The number of nitrogens with one attached hydrogen (secondary N) is 4. The Labute approximate surface area is 240 Å². The summed E-state index contributed by atoms with van der Waals surface area (Å²) in [6, 6.07) is -3.69. The molecule has 20 nitrogen and oxygen atoms in total. The third-order valence-corrected chi connectivity index (χ3v) is 6.31. The summed E-state index contributed by atoms with van der Waals surface area (Å²) in [5, 5.41) is 39.5.